The molecule has 0 atom stereocenters. The van der Waals surface area contributed by atoms with Crippen molar-refractivity contribution < 1.29 is 4.79 Å². The Morgan fingerprint density at radius 2 is 2.20 bits per heavy atom. The summed E-state index contributed by atoms with van der Waals surface area (Å²) in [5, 5.41) is 5.10. The molecule has 0 spiro atoms. The number of rotatable bonds is 3. The Morgan fingerprint density at radius 1 is 1.35 bits per heavy atom. The van der Waals surface area contributed by atoms with E-state index >= 15 is 0 Å². The van der Waals surface area contributed by atoms with E-state index in [4.69, 9.17) is 0 Å². The van der Waals surface area contributed by atoms with Crippen molar-refractivity contribution >= 4 is 17.4 Å². The first-order valence-corrected chi connectivity index (χ1v) is 7.68. The van der Waals surface area contributed by atoms with E-state index in [9.17, 15) is 4.79 Å². The van der Waals surface area contributed by atoms with Crippen molar-refractivity contribution in [1.82, 2.24) is 15.2 Å². The number of fused-ring (bicyclic) bond motifs is 1. The summed E-state index contributed by atoms with van der Waals surface area (Å²) in [6.45, 7) is 2.22. The average molecular weight is 287 g/mol. The third-order valence-electron chi connectivity index (χ3n) is 3.55. The molecule has 0 aliphatic carbocycles. The molecule has 3 rings (SSSR count). The van der Waals surface area contributed by atoms with E-state index in [0.717, 1.165) is 25.9 Å². The first-order chi connectivity index (χ1) is 9.83. The molecule has 4 nitrogen and oxygen atoms in total. The first kappa shape index (κ1) is 13.1. The predicted octanol–water partition coefficient (Wildman–Crippen LogP) is 2.45. The molecule has 0 bridgehead atoms. The maximum Gasteiger partial charge on any atom is 0.317 e. The quantitative estimate of drug-likeness (QED) is 0.942. The van der Waals surface area contributed by atoms with Gasteiger partial charge in [0, 0.05) is 30.4 Å². The molecule has 3 heterocycles. The fourth-order valence-corrected chi connectivity index (χ4v) is 3.33. The summed E-state index contributed by atoms with van der Waals surface area (Å²) in [5.74, 6) is 0. The smallest absolute Gasteiger partial charge is 0.317 e. The van der Waals surface area contributed by atoms with Crippen LogP contribution in [0.2, 0.25) is 0 Å². The maximum atomic E-state index is 12.1. The second-order valence-corrected chi connectivity index (χ2v) is 5.88. The Hall–Kier alpha value is -1.88. The highest BCUT2D eigenvalue weighted by Crippen LogP contribution is 2.23. The zero-order valence-electron chi connectivity index (χ0n) is 11.2. The van der Waals surface area contributed by atoms with E-state index in [-0.39, 0.29) is 6.03 Å². The summed E-state index contributed by atoms with van der Waals surface area (Å²) in [6.07, 6.45) is 5.36. The number of hydrogen-bond donors (Lipinski definition) is 1. The van der Waals surface area contributed by atoms with Crippen LogP contribution < -0.4 is 5.32 Å². The minimum absolute atomic E-state index is 0.0399. The Bertz CT molecular complexity index is 582. The first-order valence-electron chi connectivity index (χ1n) is 6.80. The number of pyridine rings is 1. The predicted molar refractivity (Wildman–Crippen MR) is 79.8 cm³/mol. The highest BCUT2D eigenvalue weighted by Gasteiger charge is 2.20. The molecule has 1 aliphatic heterocycles. The number of aromatic nitrogens is 1. The maximum absolute atomic E-state index is 12.1. The van der Waals surface area contributed by atoms with Gasteiger partial charge in [0.1, 0.15) is 0 Å². The summed E-state index contributed by atoms with van der Waals surface area (Å²) >= 11 is 1.74. The molecule has 0 saturated carbocycles. The number of urea groups is 1. The average Bonchev–Trinajstić information content (AvgIpc) is 2.95. The Kier molecular flexibility index (Phi) is 3.97. The van der Waals surface area contributed by atoms with Gasteiger partial charge in [-0.25, -0.2) is 4.79 Å². The van der Waals surface area contributed by atoms with Crippen LogP contribution in [0.3, 0.4) is 0 Å². The molecule has 2 aromatic heterocycles. The lowest BCUT2D eigenvalue weighted by Crippen LogP contribution is -2.43. The monoisotopic (exact) mass is 287 g/mol. The van der Waals surface area contributed by atoms with Gasteiger partial charge in [-0.1, -0.05) is 0 Å². The van der Waals surface area contributed by atoms with Gasteiger partial charge < -0.3 is 10.2 Å². The lowest BCUT2D eigenvalue weighted by molar-refractivity contribution is 0.193. The van der Waals surface area contributed by atoms with E-state index in [1.807, 2.05) is 17.0 Å². The summed E-state index contributed by atoms with van der Waals surface area (Å²) < 4.78 is 0. The highest BCUT2D eigenvalue weighted by atomic mass is 32.1. The summed E-state index contributed by atoms with van der Waals surface area (Å²) in [6, 6.07) is 6.16. The van der Waals surface area contributed by atoms with Crippen LogP contribution in [0.25, 0.3) is 0 Å². The topological polar surface area (TPSA) is 45.2 Å². The molecule has 0 radical (unpaired) electrons. The molecular weight excluding hydrogens is 270 g/mol. The normalized spacial score (nSPS) is 13.9. The van der Waals surface area contributed by atoms with Crippen molar-refractivity contribution in [2.24, 2.45) is 0 Å². The third-order valence-corrected chi connectivity index (χ3v) is 4.50. The van der Waals surface area contributed by atoms with E-state index in [1.54, 1.807) is 23.7 Å². The van der Waals surface area contributed by atoms with Gasteiger partial charge in [0.15, 0.2) is 0 Å². The summed E-state index contributed by atoms with van der Waals surface area (Å²) in [5.41, 5.74) is 2.59. The van der Waals surface area contributed by atoms with Gasteiger partial charge in [0.25, 0.3) is 0 Å². The molecule has 0 unspecified atom stereocenters. The number of thiophene rings is 1. The largest absolute Gasteiger partial charge is 0.338 e. The number of hydrogen-bond acceptors (Lipinski definition) is 3. The number of nitrogens with one attached hydrogen (secondary N) is 1. The van der Waals surface area contributed by atoms with Gasteiger partial charge in [0.2, 0.25) is 0 Å². The van der Waals surface area contributed by atoms with E-state index < -0.39 is 0 Å². The van der Waals surface area contributed by atoms with Crippen LogP contribution in [0.15, 0.2) is 36.0 Å². The molecular formula is C15H17N3OS. The Balaban J connectivity index is 1.48. The van der Waals surface area contributed by atoms with Crippen molar-refractivity contribution in [3.63, 3.8) is 0 Å². The van der Waals surface area contributed by atoms with Crippen LogP contribution in [0.1, 0.15) is 16.0 Å². The zero-order chi connectivity index (χ0) is 13.8. The van der Waals surface area contributed by atoms with Crippen LogP contribution in [-0.4, -0.2) is 29.0 Å². The molecule has 2 amide bonds. The fraction of sp³-hybridized carbons (Fsp3) is 0.333. The molecule has 104 valence electrons. The lowest BCUT2D eigenvalue weighted by Gasteiger charge is -2.27. The van der Waals surface area contributed by atoms with Gasteiger partial charge in [-0.15, -0.1) is 11.3 Å². The second-order valence-electron chi connectivity index (χ2n) is 4.88. The molecule has 0 saturated heterocycles. The zero-order valence-corrected chi connectivity index (χ0v) is 12.0. The number of nitrogens with zero attached hydrogens (tertiary/aromatic N) is 2. The molecule has 1 aliphatic rings. The lowest BCUT2D eigenvalue weighted by atomic mass is 10.1. The Morgan fingerprint density at radius 3 is 3.05 bits per heavy atom. The summed E-state index contributed by atoms with van der Waals surface area (Å²) in [7, 11) is 0. The van der Waals surface area contributed by atoms with Crippen LogP contribution in [0, 0.1) is 0 Å². The SMILES string of the molecule is O=C(NCCc1ccncc1)N1CCc2ccsc2C1. The van der Waals surface area contributed by atoms with E-state index in [0.29, 0.717) is 6.54 Å². The standard InChI is InChI=1S/C15H17N3OS/c19-15(17-8-3-12-1-6-16-7-2-12)18-9-4-13-5-10-20-14(13)11-18/h1-2,5-7,10H,3-4,8-9,11H2,(H,17,19). The molecule has 0 fully saturated rings. The van der Waals surface area contributed by atoms with E-state index in [1.165, 1.54) is 16.0 Å². The number of carbonyl (C=O) groups is 1. The number of amides is 2. The van der Waals surface area contributed by atoms with Crippen LogP contribution in [0.4, 0.5) is 4.79 Å². The van der Waals surface area contributed by atoms with Gasteiger partial charge >= 0.3 is 6.03 Å². The second kappa shape index (κ2) is 6.05. The van der Waals surface area contributed by atoms with Gasteiger partial charge in [-0.3, -0.25) is 4.98 Å². The van der Waals surface area contributed by atoms with Gasteiger partial charge in [-0.2, -0.15) is 0 Å². The van der Waals surface area contributed by atoms with Crippen molar-refractivity contribution in [2.75, 3.05) is 13.1 Å². The van der Waals surface area contributed by atoms with Crippen LogP contribution in [-0.2, 0) is 19.4 Å². The minimum Gasteiger partial charge on any atom is -0.338 e. The molecule has 0 aromatic carbocycles. The third kappa shape index (κ3) is 2.99. The van der Waals surface area contributed by atoms with Crippen molar-refractivity contribution in [1.29, 1.82) is 0 Å². The van der Waals surface area contributed by atoms with Crippen LogP contribution in [0.5, 0.6) is 0 Å². The number of carbonyl (C=O) groups excluding carboxylic acids is 1. The van der Waals surface area contributed by atoms with Crippen molar-refractivity contribution in [3.8, 4) is 0 Å². The van der Waals surface area contributed by atoms with Crippen molar-refractivity contribution in [3.05, 3.63) is 52.0 Å². The summed E-state index contributed by atoms with van der Waals surface area (Å²) in [4.78, 5) is 19.3. The fourth-order valence-electron chi connectivity index (χ4n) is 2.38. The highest BCUT2D eigenvalue weighted by molar-refractivity contribution is 7.10. The Labute approximate surface area is 122 Å². The van der Waals surface area contributed by atoms with E-state index in [2.05, 4.69) is 21.7 Å². The molecule has 20 heavy (non-hydrogen) atoms. The van der Waals surface area contributed by atoms with Gasteiger partial charge in [-0.05, 0) is 47.5 Å². The minimum atomic E-state index is 0.0399. The van der Waals surface area contributed by atoms with Crippen LogP contribution >= 0.6 is 11.3 Å². The molecule has 1 N–H and O–H groups in total. The van der Waals surface area contributed by atoms with Gasteiger partial charge in [0.05, 0.1) is 6.54 Å². The molecule has 2 aromatic rings. The molecule has 5 heteroatoms. The van der Waals surface area contributed by atoms with Crippen molar-refractivity contribution in [2.45, 2.75) is 19.4 Å².